The molecule has 0 N–H and O–H groups in total. The zero-order chi connectivity index (χ0) is 16.5. The molecule has 5 heteroatoms. The minimum atomic E-state index is 0.200. The summed E-state index contributed by atoms with van der Waals surface area (Å²) in [6.07, 6.45) is 9.07. The Labute approximate surface area is 144 Å². The first-order valence-electron chi connectivity index (χ1n) is 9.54. The maximum Gasteiger partial charge on any atom is 0.225 e. The fourth-order valence-electron chi connectivity index (χ4n) is 4.76. The number of likely N-dealkylation sites (tertiary alicyclic amines) is 1. The number of rotatable bonds is 2. The smallest absolute Gasteiger partial charge is 0.225 e. The minimum Gasteiger partial charge on any atom is -0.342 e. The lowest BCUT2D eigenvalue weighted by Crippen LogP contribution is -2.42. The number of carbonyl (C=O) groups is 1. The first-order chi connectivity index (χ1) is 11.7. The second-order valence-electron chi connectivity index (χ2n) is 7.81. The summed E-state index contributed by atoms with van der Waals surface area (Å²) in [7, 11) is 0. The fraction of sp³-hybridized carbons (Fsp3) is 0.737. The highest BCUT2D eigenvalue weighted by atomic mass is 16.2. The van der Waals surface area contributed by atoms with E-state index in [4.69, 9.17) is 0 Å². The number of amides is 1. The third-order valence-electron chi connectivity index (χ3n) is 6.20. The molecule has 0 spiro atoms. The summed E-state index contributed by atoms with van der Waals surface area (Å²) >= 11 is 0. The number of fused-ring (bicyclic) bond motifs is 1. The van der Waals surface area contributed by atoms with E-state index >= 15 is 0 Å². The SMILES string of the molecule is Cc1ccnc(N2CCC(C(=O)N3CC4CCCCC4C3)CC2)n1. The molecule has 1 saturated carbocycles. The number of carbonyl (C=O) groups excluding carboxylic acids is 1. The molecule has 2 unspecified atom stereocenters. The Morgan fingerprint density at radius 3 is 2.38 bits per heavy atom. The summed E-state index contributed by atoms with van der Waals surface area (Å²) in [5.41, 5.74) is 0.998. The van der Waals surface area contributed by atoms with E-state index in [1.807, 2.05) is 19.2 Å². The minimum absolute atomic E-state index is 0.200. The lowest BCUT2D eigenvalue weighted by Gasteiger charge is -2.33. The van der Waals surface area contributed by atoms with E-state index in [-0.39, 0.29) is 5.92 Å². The zero-order valence-corrected chi connectivity index (χ0v) is 14.7. The second kappa shape index (κ2) is 6.69. The van der Waals surface area contributed by atoms with Crippen molar-refractivity contribution in [3.63, 3.8) is 0 Å². The molecule has 1 amide bonds. The van der Waals surface area contributed by atoms with Crippen LogP contribution in [0, 0.1) is 24.7 Å². The average Bonchev–Trinajstić information content (AvgIpc) is 3.05. The summed E-state index contributed by atoms with van der Waals surface area (Å²) in [5.74, 6) is 2.99. The highest BCUT2D eigenvalue weighted by Gasteiger charge is 2.39. The first kappa shape index (κ1) is 15.9. The Bertz CT molecular complexity index is 583. The van der Waals surface area contributed by atoms with Gasteiger partial charge in [-0.25, -0.2) is 9.97 Å². The number of aromatic nitrogens is 2. The van der Waals surface area contributed by atoms with Crippen LogP contribution in [0.5, 0.6) is 0 Å². The monoisotopic (exact) mass is 328 g/mol. The van der Waals surface area contributed by atoms with Gasteiger partial charge in [-0.15, -0.1) is 0 Å². The van der Waals surface area contributed by atoms with E-state index in [1.54, 1.807) is 0 Å². The molecule has 2 saturated heterocycles. The van der Waals surface area contributed by atoms with Crippen LogP contribution in [0.2, 0.25) is 0 Å². The normalized spacial score (nSPS) is 28.0. The Morgan fingerprint density at radius 2 is 1.75 bits per heavy atom. The van der Waals surface area contributed by atoms with Gasteiger partial charge < -0.3 is 9.80 Å². The van der Waals surface area contributed by atoms with Gasteiger partial charge in [0.25, 0.3) is 0 Å². The molecule has 1 aromatic rings. The molecule has 2 aliphatic heterocycles. The van der Waals surface area contributed by atoms with E-state index in [1.165, 1.54) is 25.7 Å². The molecular formula is C19H28N4O. The van der Waals surface area contributed by atoms with Crippen molar-refractivity contribution in [2.24, 2.45) is 17.8 Å². The molecule has 24 heavy (non-hydrogen) atoms. The van der Waals surface area contributed by atoms with Gasteiger partial charge in [-0.1, -0.05) is 12.8 Å². The number of aryl methyl sites for hydroxylation is 1. The van der Waals surface area contributed by atoms with E-state index in [0.29, 0.717) is 5.91 Å². The van der Waals surface area contributed by atoms with Gasteiger partial charge in [0.1, 0.15) is 0 Å². The number of hydrogen-bond donors (Lipinski definition) is 0. The van der Waals surface area contributed by atoms with Crippen molar-refractivity contribution < 1.29 is 4.79 Å². The third kappa shape index (κ3) is 3.13. The second-order valence-corrected chi connectivity index (χ2v) is 7.81. The fourth-order valence-corrected chi connectivity index (χ4v) is 4.76. The van der Waals surface area contributed by atoms with Crippen LogP contribution in [0.25, 0.3) is 0 Å². The van der Waals surface area contributed by atoms with Crippen LogP contribution in [0.1, 0.15) is 44.2 Å². The predicted molar refractivity (Wildman–Crippen MR) is 93.7 cm³/mol. The predicted octanol–water partition coefficient (Wildman–Crippen LogP) is 2.65. The molecule has 0 bridgehead atoms. The van der Waals surface area contributed by atoms with Crippen LogP contribution < -0.4 is 4.90 Å². The Hall–Kier alpha value is -1.65. The third-order valence-corrected chi connectivity index (χ3v) is 6.20. The van der Waals surface area contributed by atoms with Crippen molar-refractivity contribution in [3.8, 4) is 0 Å². The van der Waals surface area contributed by atoms with Crippen molar-refractivity contribution in [3.05, 3.63) is 18.0 Å². The number of piperidine rings is 1. The van der Waals surface area contributed by atoms with Crippen molar-refractivity contribution in [1.29, 1.82) is 0 Å². The maximum absolute atomic E-state index is 12.9. The standard InChI is InChI=1S/C19H28N4O/c1-14-6-9-20-19(21-14)22-10-7-15(8-11-22)18(24)23-12-16-4-2-3-5-17(16)13-23/h6,9,15-17H,2-5,7-8,10-13H2,1H3. The Kier molecular flexibility index (Phi) is 4.42. The molecule has 0 radical (unpaired) electrons. The molecule has 3 aliphatic rings. The molecule has 130 valence electrons. The molecule has 1 aliphatic carbocycles. The molecule has 3 heterocycles. The highest BCUT2D eigenvalue weighted by Crippen LogP contribution is 2.37. The van der Waals surface area contributed by atoms with E-state index in [2.05, 4.69) is 19.8 Å². The van der Waals surface area contributed by atoms with Gasteiger partial charge in [0, 0.05) is 44.0 Å². The van der Waals surface area contributed by atoms with Gasteiger partial charge in [0.2, 0.25) is 11.9 Å². The Morgan fingerprint density at radius 1 is 1.08 bits per heavy atom. The van der Waals surface area contributed by atoms with Gasteiger partial charge in [0.15, 0.2) is 0 Å². The van der Waals surface area contributed by atoms with Crippen LogP contribution >= 0.6 is 0 Å². The van der Waals surface area contributed by atoms with Crippen LogP contribution in [0.3, 0.4) is 0 Å². The number of nitrogens with zero attached hydrogens (tertiary/aromatic N) is 4. The van der Waals surface area contributed by atoms with Crippen molar-refractivity contribution in [1.82, 2.24) is 14.9 Å². The lowest BCUT2D eigenvalue weighted by molar-refractivity contribution is -0.135. The number of anilines is 1. The molecule has 5 nitrogen and oxygen atoms in total. The summed E-state index contributed by atoms with van der Waals surface area (Å²) in [6, 6.07) is 1.92. The molecule has 2 atom stereocenters. The summed E-state index contributed by atoms with van der Waals surface area (Å²) in [6.45, 7) is 5.81. The average molecular weight is 328 g/mol. The van der Waals surface area contributed by atoms with Crippen LogP contribution in [0.15, 0.2) is 12.3 Å². The lowest BCUT2D eigenvalue weighted by atomic mass is 9.82. The van der Waals surface area contributed by atoms with Crippen molar-refractivity contribution >= 4 is 11.9 Å². The topological polar surface area (TPSA) is 49.3 Å². The molecule has 4 rings (SSSR count). The Balaban J connectivity index is 1.33. The molecule has 0 aromatic carbocycles. The van der Waals surface area contributed by atoms with Crippen LogP contribution in [-0.2, 0) is 4.79 Å². The summed E-state index contributed by atoms with van der Waals surface area (Å²) in [5, 5.41) is 0. The first-order valence-corrected chi connectivity index (χ1v) is 9.54. The largest absolute Gasteiger partial charge is 0.342 e. The van der Waals surface area contributed by atoms with Gasteiger partial charge in [0.05, 0.1) is 0 Å². The van der Waals surface area contributed by atoms with Crippen molar-refractivity contribution in [2.75, 3.05) is 31.1 Å². The van der Waals surface area contributed by atoms with E-state index < -0.39 is 0 Å². The van der Waals surface area contributed by atoms with Gasteiger partial charge >= 0.3 is 0 Å². The van der Waals surface area contributed by atoms with E-state index in [0.717, 1.165) is 62.5 Å². The zero-order valence-electron chi connectivity index (χ0n) is 14.7. The number of hydrogen-bond acceptors (Lipinski definition) is 4. The quantitative estimate of drug-likeness (QED) is 0.837. The van der Waals surface area contributed by atoms with Gasteiger partial charge in [-0.05, 0) is 50.5 Å². The van der Waals surface area contributed by atoms with E-state index in [9.17, 15) is 4.79 Å². The molecule has 3 fully saturated rings. The van der Waals surface area contributed by atoms with Gasteiger partial charge in [-0.3, -0.25) is 4.79 Å². The molecular weight excluding hydrogens is 300 g/mol. The van der Waals surface area contributed by atoms with Gasteiger partial charge in [-0.2, -0.15) is 0 Å². The molecule has 1 aromatic heterocycles. The van der Waals surface area contributed by atoms with Crippen molar-refractivity contribution in [2.45, 2.75) is 45.4 Å². The maximum atomic E-state index is 12.9. The highest BCUT2D eigenvalue weighted by molar-refractivity contribution is 5.79. The van der Waals surface area contributed by atoms with Crippen LogP contribution in [-0.4, -0.2) is 47.0 Å². The van der Waals surface area contributed by atoms with Crippen LogP contribution in [0.4, 0.5) is 5.95 Å². The summed E-state index contributed by atoms with van der Waals surface area (Å²) in [4.78, 5) is 26.2. The summed E-state index contributed by atoms with van der Waals surface area (Å²) < 4.78 is 0.